The maximum atomic E-state index is 13.4. The third kappa shape index (κ3) is 6.36. The number of hydrogen-bond donors (Lipinski definition) is 1. The molecule has 2 aliphatic heterocycles. The van der Waals surface area contributed by atoms with Gasteiger partial charge in [0.25, 0.3) is 0 Å². The number of anilines is 1. The molecule has 1 amide bonds. The summed E-state index contributed by atoms with van der Waals surface area (Å²) in [5, 5.41) is 3.04. The van der Waals surface area contributed by atoms with Gasteiger partial charge in [0.1, 0.15) is 5.75 Å². The summed E-state index contributed by atoms with van der Waals surface area (Å²) in [6, 6.07) is 7.10. The average molecular weight is 467 g/mol. The Balaban J connectivity index is 1.58. The molecule has 0 aliphatic carbocycles. The van der Waals surface area contributed by atoms with Crippen LogP contribution in [0.4, 0.5) is 5.69 Å². The van der Waals surface area contributed by atoms with Crippen LogP contribution in [0.2, 0.25) is 0 Å². The second-order valence-corrected chi connectivity index (χ2v) is 10.3. The minimum atomic E-state index is -3.72. The van der Waals surface area contributed by atoms with Crippen LogP contribution < -0.4 is 14.4 Å². The van der Waals surface area contributed by atoms with Gasteiger partial charge in [-0.15, -0.1) is 0 Å². The number of nitrogens with one attached hydrogen (secondary N) is 1. The zero-order valence-electron chi connectivity index (χ0n) is 19.5. The molecule has 1 aromatic carbocycles. The number of amides is 1. The maximum absolute atomic E-state index is 13.4. The predicted molar refractivity (Wildman–Crippen MR) is 127 cm³/mol. The number of benzene rings is 1. The summed E-state index contributed by atoms with van der Waals surface area (Å²) >= 11 is 0. The van der Waals surface area contributed by atoms with Gasteiger partial charge >= 0.3 is 10.2 Å². The number of nitrogens with zero attached hydrogens (tertiary/aromatic N) is 3. The van der Waals surface area contributed by atoms with Gasteiger partial charge in [-0.2, -0.15) is 12.7 Å². The second kappa shape index (κ2) is 11.9. The van der Waals surface area contributed by atoms with Crippen LogP contribution in [-0.4, -0.2) is 76.0 Å². The normalized spacial score (nSPS) is 20.6. The largest absolute Gasteiger partial charge is 0.494 e. The topological polar surface area (TPSA) is 82.2 Å². The third-order valence-electron chi connectivity index (χ3n) is 6.26. The number of rotatable bonds is 10. The fourth-order valence-electron chi connectivity index (χ4n) is 4.52. The van der Waals surface area contributed by atoms with Crippen molar-refractivity contribution >= 4 is 21.8 Å². The molecule has 2 aliphatic rings. The molecule has 32 heavy (non-hydrogen) atoms. The highest BCUT2D eigenvalue weighted by Gasteiger charge is 2.35. The highest BCUT2D eigenvalue weighted by Crippen LogP contribution is 2.27. The molecule has 0 bridgehead atoms. The van der Waals surface area contributed by atoms with E-state index in [4.69, 9.17) is 4.74 Å². The standard InChI is InChI=1S/C23H38N4O4S/c1-3-27(21-10-12-22(13-11-21)31-4-2)32(29,30)26-17-8-9-20(19-26)23(28)24-14-18-25-15-6-5-7-16-25/h10-13,20H,3-9,14-19H2,1-2H3,(H,24,28)/t20-/m1/s1. The summed E-state index contributed by atoms with van der Waals surface area (Å²) in [4.78, 5) is 15.1. The van der Waals surface area contributed by atoms with Crippen molar-refractivity contribution in [1.82, 2.24) is 14.5 Å². The number of likely N-dealkylation sites (tertiary alicyclic amines) is 1. The van der Waals surface area contributed by atoms with Crippen molar-refractivity contribution in [3.63, 3.8) is 0 Å². The van der Waals surface area contributed by atoms with Crippen LogP contribution >= 0.6 is 0 Å². The lowest BCUT2D eigenvalue weighted by Gasteiger charge is -2.35. The maximum Gasteiger partial charge on any atom is 0.304 e. The Morgan fingerprint density at radius 2 is 1.81 bits per heavy atom. The van der Waals surface area contributed by atoms with E-state index < -0.39 is 10.2 Å². The summed E-state index contributed by atoms with van der Waals surface area (Å²) in [7, 11) is -3.72. The molecule has 180 valence electrons. The van der Waals surface area contributed by atoms with E-state index in [2.05, 4.69) is 10.2 Å². The Kier molecular flexibility index (Phi) is 9.19. The Morgan fingerprint density at radius 3 is 2.47 bits per heavy atom. The molecule has 1 atom stereocenters. The molecule has 1 N–H and O–H groups in total. The molecule has 1 aromatic rings. The summed E-state index contributed by atoms with van der Waals surface area (Å²) in [5.74, 6) is 0.369. The van der Waals surface area contributed by atoms with E-state index in [0.29, 0.717) is 44.1 Å². The van der Waals surface area contributed by atoms with Crippen molar-refractivity contribution in [3.05, 3.63) is 24.3 Å². The molecule has 2 fully saturated rings. The minimum Gasteiger partial charge on any atom is -0.494 e. The third-order valence-corrected chi connectivity index (χ3v) is 8.27. The summed E-state index contributed by atoms with van der Waals surface area (Å²) < 4.78 is 35.1. The molecule has 0 spiro atoms. The molecule has 3 rings (SSSR count). The van der Waals surface area contributed by atoms with Gasteiger partial charge < -0.3 is 15.0 Å². The van der Waals surface area contributed by atoms with E-state index in [1.807, 2.05) is 13.8 Å². The zero-order chi connectivity index (χ0) is 23.0. The predicted octanol–water partition coefficient (Wildman–Crippen LogP) is 2.47. The minimum absolute atomic E-state index is 0.0361. The molecule has 8 nitrogen and oxygen atoms in total. The molecule has 0 saturated carbocycles. The highest BCUT2D eigenvalue weighted by atomic mass is 32.2. The Bertz CT molecular complexity index is 825. The van der Waals surface area contributed by atoms with Gasteiger partial charge in [-0.3, -0.25) is 9.10 Å². The zero-order valence-corrected chi connectivity index (χ0v) is 20.3. The van der Waals surface area contributed by atoms with Gasteiger partial charge in [0.15, 0.2) is 0 Å². The van der Waals surface area contributed by atoms with E-state index in [9.17, 15) is 13.2 Å². The molecular formula is C23H38N4O4S. The first-order chi connectivity index (χ1) is 15.5. The van der Waals surface area contributed by atoms with E-state index >= 15 is 0 Å². The monoisotopic (exact) mass is 466 g/mol. The summed E-state index contributed by atoms with van der Waals surface area (Å²) in [5.41, 5.74) is 0.601. The molecule has 9 heteroatoms. The van der Waals surface area contributed by atoms with Crippen LogP contribution in [0.15, 0.2) is 24.3 Å². The van der Waals surface area contributed by atoms with E-state index in [1.54, 1.807) is 24.3 Å². The Morgan fingerprint density at radius 1 is 1.09 bits per heavy atom. The SMILES string of the molecule is CCOc1ccc(N(CC)S(=O)(=O)N2CCC[C@@H](C(=O)NCCN3CCCCC3)C2)cc1. The molecule has 2 saturated heterocycles. The van der Waals surface area contributed by atoms with Crippen LogP contribution in [0.3, 0.4) is 0 Å². The molecule has 0 radical (unpaired) electrons. The Hall–Kier alpha value is -1.84. The fraction of sp³-hybridized carbons (Fsp3) is 0.696. The lowest BCUT2D eigenvalue weighted by Crippen LogP contribution is -2.51. The second-order valence-electron chi connectivity index (χ2n) is 8.49. The average Bonchev–Trinajstić information content (AvgIpc) is 2.81. The highest BCUT2D eigenvalue weighted by molar-refractivity contribution is 7.90. The molecular weight excluding hydrogens is 428 g/mol. The molecule has 0 aromatic heterocycles. The van der Waals surface area contributed by atoms with Gasteiger partial charge in [-0.25, -0.2) is 0 Å². The lowest BCUT2D eigenvalue weighted by atomic mass is 9.99. The smallest absolute Gasteiger partial charge is 0.304 e. The number of hydrogen-bond acceptors (Lipinski definition) is 5. The number of ether oxygens (including phenoxy) is 1. The van der Waals surface area contributed by atoms with Crippen molar-refractivity contribution in [3.8, 4) is 5.75 Å². The van der Waals surface area contributed by atoms with Crippen molar-refractivity contribution in [2.75, 3.05) is 56.7 Å². The van der Waals surface area contributed by atoms with Gasteiger partial charge in [-0.1, -0.05) is 6.42 Å². The van der Waals surface area contributed by atoms with Crippen LogP contribution in [0, 0.1) is 5.92 Å². The fourth-order valence-corrected chi connectivity index (χ4v) is 6.25. The number of piperidine rings is 2. The quantitative estimate of drug-likeness (QED) is 0.573. The van der Waals surface area contributed by atoms with Crippen LogP contribution in [0.5, 0.6) is 5.75 Å². The van der Waals surface area contributed by atoms with Crippen molar-refractivity contribution in [2.24, 2.45) is 5.92 Å². The van der Waals surface area contributed by atoms with Crippen LogP contribution in [0.25, 0.3) is 0 Å². The van der Waals surface area contributed by atoms with Crippen molar-refractivity contribution in [2.45, 2.75) is 46.0 Å². The van der Waals surface area contributed by atoms with Crippen molar-refractivity contribution in [1.29, 1.82) is 0 Å². The van der Waals surface area contributed by atoms with Crippen molar-refractivity contribution < 1.29 is 17.9 Å². The van der Waals surface area contributed by atoms with Gasteiger partial charge in [0.2, 0.25) is 5.91 Å². The molecule has 2 heterocycles. The van der Waals surface area contributed by atoms with Crippen LogP contribution in [0.1, 0.15) is 46.0 Å². The van der Waals surface area contributed by atoms with Crippen LogP contribution in [-0.2, 0) is 15.0 Å². The van der Waals surface area contributed by atoms with Gasteiger partial charge in [0.05, 0.1) is 18.2 Å². The number of carbonyl (C=O) groups excluding carboxylic acids is 1. The number of carbonyl (C=O) groups is 1. The Labute approximate surface area is 193 Å². The summed E-state index contributed by atoms with van der Waals surface area (Å²) in [6.45, 7) is 8.96. The first-order valence-corrected chi connectivity index (χ1v) is 13.4. The first kappa shape index (κ1) is 24.8. The van der Waals surface area contributed by atoms with Gasteiger partial charge in [-0.05, 0) is 76.9 Å². The lowest BCUT2D eigenvalue weighted by molar-refractivity contribution is -0.126. The van der Waals surface area contributed by atoms with E-state index in [0.717, 1.165) is 26.1 Å². The van der Waals surface area contributed by atoms with E-state index in [1.165, 1.54) is 27.9 Å². The first-order valence-electron chi connectivity index (χ1n) is 12.0. The molecule has 0 unspecified atom stereocenters. The van der Waals surface area contributed by atoms with Gasteiger partial charge in [0, 0.05) is 32.7 Å². The summed E-state index contributed by atoms with van der Waals surface area (Å²) in [6.07, 6.45) is 5.15. The van der Waals surface area contributed by atoms with E-state index in [-0.39, 0.29) is 18.4 Å².